The van der Waals surface area contributed by atoms with E-state index in [1.165, 1.54) is 6.42 Å². The van der Waals surface area contributed by atoms with Crippen LogP contribution in [0.1, 0.15) is 39.5 Å². The second-order valence-electron chi connectivity index (χ2n) is 4.41. The molecule has 1 heterocycles. The molecule has 4 heteroatoms. The average molecular weight is 228 g/mol. The number of rotatable bonds is 7. The van der Waals surface area contributed by atoms with E-state index in [1.54, 1.807) is 0 Å². The minimum atomic E-state index is -0.326. The third-order valence-electron chi connectivity index (χ3n) is 2.92. The Morgan fingerprint density at radius 1 is 1.62 bits per heavy atom. The highest BCUT2D eigenvalue weighted by Gasteiger charge is 2.17. The minimum Gasteiger partial charge on any atom is -0.369 e. The SMILES string of the molecule is CCCCOC(C)C(=O)NCC1CCCN1. The second-order valence-corrected chi connectivity index (χ2v) is 4.41. The number of ether oxygens (including phenoxy) is 1. The van der Waals surface area contributed by atoms with Gasteiger partial charge < -0.3 is 15.4 Å². The first-order chi connectivity index (χ1) is 7.74. The number of carbonyl (C=O) groups excluding carboxylic acids is 1. The number of unbranched alkanes of at least 4 members (excludes halogenated alkanes) is 1. The van der Waals surface area contributed by atoms with Gasteiger partial charge in [0.15, 0.2) is 0 Å². The molecule has 1 aliphatic rings. The van der Waals surface area contributed by atoms with Gasteiger partial charge in [0, 0.05) is 19.2 Å². The van der Waals surface area contributed by atoms with Crippen LogP contribution < -0.4 is 10.6 Å². The molecule has 16 heavy (non-hydrogen) atoms. The van der Waals surface area contributed by atoms with Gasteiger partial charge in [-0.1, -0.05) is 13.3 Å². The molecule has 2 unspecified atom stereocenters. The first-order valence-electron chi connectivity index (χ1n) is 6.36. The highest BCUT2D eigenvalue weighted by molar-refractivity contribution is 5.80. The van der Waals surface area contributed by atoms with Gasteiger partial charge in [0.1, 0.15) is 6.10 Å². The summed E-state index contributed by atoms with van der Waals surface area (Å²) in [5.41, 5.74) is 0. The molecule has 4 nitrogen and oxygen atoms in total. The number of hydrogen-bond acceptors (Lipinski definition) is 3. The van der Waals surface area contributed by atoms with Gasteiger partial charge >= 0.3 is 0 Å². The average Bonchev–Trinajstić information content (AvgIpc) is 2.79. The van der Waals surface area contributed by atoms with Crippen LogP contribution >= 0.6 is 0 Å². The highest BCUT2D eigenvalue weighted by Crippen LogP contribution is 2.03. The van der Waals surface area contributed by atoms with Crippen LogP contribution in [0.5, 0.6) is 0 Å². The van der Waals surface area contributed by atoms with Gasteiger partial charge in [-0.15, -0.1) is 0 Å². The molecule has 0 bridgehead atoms. The van der Waals surface area contributed by atoms with Gasteiger partial charge in [0.2, 0.25) is 5.91 Å². The smallest absolute Gasteiger partial charge is 0.248 e. The minimum absolute atomic E-state index is 0.00445. The van der Waals surface area contributed by atoms with Crippen molar-refractivity contribution in [2.24, 2.45) is 0 Å². The van der Waals surface area contributed by atoms with Crippen LogP contribution in [0.4, 0.5) is 0 Å². The molecule has 0 aromatic carbocycles. The Bertz CT molecular complexity index is 203. The van der Waals surface area contributed by atoms with E-state index in [9.17, 15) is 4.79 Å². The molecular formula is C12H24N2O2. The van der Waals surface area contributed by atoms with Gasteiger partial charge in [-0.3, -0.25) is 4.79 Å². The molecule has 0 aromatic rings. The molecule has 0 spiro atoms. The van der Waals surface area contributed by atoms with E-state index in [2.05, 4.69) is 17.6 Å². The zero-order valence-electron chi connectivity index (χ0n) is 10.4. The standard InChI is InChI=1S/C12H24N2O2/c1-3-4-8-16-10(2)12(15)14-9-11-6-5-7-13-11/h10-11,13H,3-9H2,1-2H3,(H,14,15). The Morgan fingerprint density at radius 3 is 3.06 bits per heavy atom. The van der Waals surface area contributed by atoms with Crippen LogP contribution in [-0.4, -0.2) is 37.7 Å². The number of nitrogens with one attached hydrogen (secondary N) is 2. The summed E-state index contributed by atoms with van der Waals surface area (Å²) in [6.45, 7) is 6.39. The van der Waals surface area contributed by atoms with Crippen molar-refractivity contribution in [3.63, 3.8) is 0 Å². The summed E-state index contributed by atoms with van der Waals surface area (Å²) in [4.78, 5) is 11.6. The van der Waals surface area contributed by atoms with Crippen LogP contribution in [0, 0.1) is 0 Å². The quantitative estimate of drug-likeness (QED) is 0.641. The maximum atomic E-state index is 11.6. The molecule has 1 rings (SSSR count). The molecule has 0 aliphatic carbocycles. The summed E-state index contributed by atoms with van der Waals surface area (Å²) >= 11 is 0. The summed E-state index contributed by atoms with van der Waals surface area (Å²) in [6, 6.07) is 0.451. The Balaban J connectivity index is 2.08. The Kier molecular flexibility index (Phi) is 6.42. The predicted molar refractivity (Wildman–Crippen MR) is 64.4 cm³/mol. The molecule has 94 valence electrons. The van der Waals surface area contributed by atoms with Crippen molar-refractivity contribution >= 4 is 5.91 Å². The molecule has 1 saturated heterocycles. The van der Waals surface area contributed by atoms with Crippen LogP contribution in [0.2, 0.25) is 0 Å². The summed E-state index contributed by atoms with van der Waals surface area (Å²) < 4.78 is 5.43. The molecule has 1 aliphatic heterocycles. The summed E-state index contributed by atoms with van der Waals surface area (Å²) in [5.74, 6) is 0.00445. The third kappa shape index (κ3) is 4.94. The lowest BCUT2D eigenvalue weighted by atomic mass is 10.2. The second kappa shape index (κ2) is 7.63. The molecule has 1 amide bonds. The van der Waals surface area contributed by atoms with Gasteiger partial charge in [-0.25, -0.2) is 0 Å². The third-order valence-corrected chi connectivity index (χ3v) is 2.92. The first-order valence-corrected chi connectivity index (χ1v) is 6.36. The molecule has 0 saturated carbocycles. The maximum absolute atomic E-state index is 11.6. The van der Waals surface area contributed by atoms with E-state index in [0.29, 0.717) is 12.6 Å². The summed E-state index contributed by atoms with van der Waals surface area (Å²) in [7, 11) is 0. The molecule has 2 atom stereocenters. The van der Waals surface area contributed by atoms with E-state index < -0.39 is 0 Å². The largest absolute Gasteiger partial charge is 0.369 e. The maximum Gasteiger partial charge on any atom is 0.248 e. The van der Waals surface area contributed by atoms with Gasteiger partial charge in [-0.05, 0) is 32.7 Å². The fourth-order valence-corrected chi connectivity index (χ4v) is 1.78. The topological polar surface area (TPSA) is 50.4 Å². The lowest BCUT2D eigenvalue weighted by molar-refractivity contribution is -0.131. The Morgan fingerprint density at radius 2 is 2.44 bits per heavy atom. The van der Waals surface area contributed by atoms with Crippen molar-refractivity contribution in [2.75, 3.05) is 19.7 Å². The monoisotopic (exact) mass is 228 g/mol. The summed E-state index contributed by atoms with van der Waals surface area (Å²) in [5, 5.41) is 6.27. The van der Waals surface area contributed by atoms with Gasteiger partial charge in [-0.2, -0.15) is 0 Å². The Labute approximate surface area is 98.1 Å². The molecule has 2 N–H and O–H groups in total. The van der Waals surface area contributed by atoms with E-state index in [4.69, 9.17) is 4.74 Å². The van der Waals surface area contributed by atoms with E-state index in [-0.39, 0.29) is 12.0 Å². The van der Waals surface area contributed by atoms with Crippen LogP contribution in [0.3, 0.4) is 0 Å². The van der Waals surface area contributed by atoms with Crippen LogP contribution in [0.25, 0.3) is 0 Å². The van der Waals surface area contributed by atoms with Crippen molar-refractivity contribution in [1.29, 1.82) is 0 Å². The number of amides is 1. The normalized spacial score (nSPS) is 22.0. The number of hydrogen-bond donors (Lipinski definition) is 2. The molecule has 0 radical (unpaired) electrons. The molecule has 0 aromatic heterocycles. The van der Waals surface area contributed by atoms with Crippen LogP contribution in [-0.2, 0) is 9.53 Å². The van der Waals surface area contributed by atoms with E-state index in [1.807, 2.05) is 6.92 Å². The zero-order chi connectivity index (χ0) is 11.8. The van der Waals surface area contributed by atoms with E-state index in [0.717, 1.165) is 32.4 Å². The van der Waals surface area contributed by atoms with E-state index >= 15 is 0 Å². The fraction of sp³-hybridized carbons (Fsp3) is 0.917. The number of carbonyl (C=O) groups is 1. The molecule has 1 fully saturated rings. The lowest BCUT2D eigenvalue weighted by Gasteiger charge is -2.15. The molecular weight excluding hydrogens is 204 g/mol. The zero-order valence-corrected chi connectivity index (χ0v) is 10.4. The Hall–Kier alpha value is -0.610. The lowest BCUT2D eigenvalue weighted by Crippen LogP contribution is -2.41. The highest BCUT2D eigenvalue weighted by atomic mass is 16.5. The van der Waals surface area contributed by atoms with Crippen molar-refractivity contribution in [3.05, 3.63) is 0 Å². The van der Waals surface area contributed by atoms with Crippen molar-refractivity contribution < 1.29 is 9.53 Å². The van der Waals surface area contributed by atoms with Gasteiger partial charge in [0.25, 0.3) is 0 Å². The fourth-order valence-electron chi connectivity index (χ4n) is 1.78. The predicted octanol–water partition coefficient (Wildman–Crippen LogP) is 1.06. The first kappa shape index (κ1) is 13.5. The van der Waals surface area contributed by atoms with Crippen molar-refractivity contribution in [1.82, 2.24) is 10.6 Å². The summed E-state index contributed by atoms with van der Waals surface area (Å²) in [6.07, 6.45) is 4.16. The van der Waals surface area contributed by atoms with Crippen molar-refractivity contribution in [3.8, 4) is 0 Å². The van der Waals surface area contributed by atoms with Crippen LogP contribution in [0.15, 0.2) is 0 Å². The van der Waals surface area contributed by atoms with Crippen molar-refractivity contribution in [2.45, 2.75) is 51.7 Å². The van der Waals surface area contributed by atoms with Gasteiger partial charge in [0.05, 0.1) is 0 Å².